The zero-order valence-corrected chi connectivity index (χ0v) is 16.0. The second-order valence-electron chi connectivity index (χ2n) is 6.37. The van der Waals surface area contributed by atoms with Gasteiger partial charge in [-0.1, -0.05) is 37.6 Å². The Labute approximate surface area is 166 Å². The van der Waals surface area contributed by atoms with Crippen LogP contribution in [-0.2, 0) is 0 Å². The minimum Gasteiger partial charge on any atom is -0.267 e. The van der Waals surface area contributed by atoms with E-state index in [0.29, 0.717) is 16.9 Å². The number of carbonyl (C=O) groups excluding carboxylic acids is 2. The van der Waals surface area contributed by atoms with Crippen molar-refractivity contribution in [3.8, 4) is 5.69 Å². The highest BCUT2D eigenvalue weighted by molar-refractivity contribution is 6.33. The summed E-state index contributed by atoms with van der Waals surface area (Å²) in [6.07, 6.45) is 1.41. The maximum absolute atomic E-state index is 13.2. The van der Waals surface area contributed by atoms with E-state index < -0.39 is 11.8 Å². The molecule has 0 spiro atoms. The molecule has 0 fully saturated rings. The largest absolute Gasteiger partial charge is 0.273 e. The van der Waals surface area contributed by atoms with Gasteiger partial charge < -0.3 is 0 Å². The minimum atomic E-state index is -0.532. The van der Waals surface area contributed by atoms with Gasteiger partial charge in [-0.2, -0.15) is 5.10 Å². The van der Waals surface area contributed by atoms with Crippen LogP contribution >= 0.6 is 11.6 Å². The summed E-state index contributed by atoms with van der Waals surface area (Å²) in [7, 11) is 0. The van der Waals surface area contributed by atoms with Crippen molar-refractivity contribution in [3.05, 3.63) is 82.4 Å². The Morgan fingerprint density at radius 1 is 1.00 bits per heavy atom. The van der Waals surface area contributed by atoms with E-state index in [9.17, 15) is 14.0 Å². The molecule has 1 aromatic heterocycles. The molecule has 1 heterocycles. The SMILES string of the molecule is CC(C)c1c(C(=O)NNC(=O)c2ccccc2Cl)cnn1-c1ccc(F)cc1. The number of amides is 2. The Hall–Kier alpha value is -3.19. The molecule has 3 rings (SSSR count). The number of benzene rings is 2. The molecule has 3 aromatic rings. The van der Waals surface area contributed by atoms with Crippen molar-refractivity contribution >= 4 is 23.4 Å². The van der Waals surface area contributed by atoms with Crippen LogP contribution in [0.4, 0.5) is 4.39 Å². The third-order valence-electron chi connectivity index (χ3n) is 4.08. The van der Waals surface area contributed by atoms with Gasteiger partial charge in [0.2, 0.25) is 0 Å². The zero-order valence-electron chi connectivity index (χ0n) is 15.2. The van der Waals surface area contributed by atoms with Crippen LogP contribution in [0.2, 0.25) is 5.02 Å². The van der Waals surface area contributed by atoms with Crippen LogP contribution in [-0.4, -0.2) is 21.6 Å². The average Bonchev–Trinajstić information content (AvgIpc) is 3.12. The summed E-state index contributed by atoms with van der Waals surface area (Å²) in [4.78, 5) is 24.8. The van der Waals surface area contributed by atoms with E-state index in [-0.39, 0.29) is 22.3 Å². The van der Waals surface area contributed by atoms with Gasteiger partial charge in [0.25, 0.3) is 11.8 Å². The molecule has 0 aliphatic heterocycles. The molecule has 0 bridgehead atoms. The highest BCUT2D eigenvalue weighted by Gasteiger charge is 2.21. The molecule has 2 aromatic carbocycles. The molecule has 2 amide bonds. The van der Waals surface area contributed by atoms with Gasteiger partial charge in [0.1, 0.15) is 5.82 Å². The lowest BCUT2D eigenvalue weighted by Crippen LogP contribution is -2.42. The Kier molecular flexibility index (Phi) is 5.75. The van der Waals surface area contributed by atoms with Gasteiger partial charge in [-0.3, -0.25) is 20.4 Å². The van der Waals surface area contributed by atoms with Gasteiger partial charge >= 0.3 is 0 Å². The molecule has 0 atom stereocenters. The van der Waals surface area contributed by atoms with Crippen molar-refractivity contribution in [2.45, 2.75) is 19.8 Å². The van der Waals surface area contributed by atoms with Crippen molar-refractivity contribution in [1.29, 1.82) is 0 Å². The van der Waals surface area contributed by atoms with Crippen molar-refractivity contribution in [2.75, 3.05) is 0 Å². The molecule has 0 radical (unpaired) electrons. The molecule has 28 heavy (non-hydrogen) atoms. The van der Waals surface area contributed by atoms with Gasteiger partial charge in [-0.05, 0) is 42.3 Å². The number of aromatic nitrogens is 2. The number of rotatable bonds is 4. The van der Waals surface area contributed by atoms with E-state index in [1.54, 1.807) is 41.1 Å². The monoisotopic (exact) mass is 400 g/mol. The van der Waals surface area contributed by atoms with Gasteiger partial charge in [0.15, 0.2) is 0 Å². The molecule has 0 saturated heterocycles. The molecule has 0 aliphatic rings. The smallest absolute Gasteiger partial charge is 0.267 e. The average molecular weight is 401 g/mol. The van der Waals surface area contributed by atoms with Crippen molar-refractivity contribution in [3.63, 3.8) is 0 Å². The molecular weight excluding hydrogens is 383 g/mol. The lowest BCUT2D eigenvalue weighted by Gasteiger charge is -2.13. The second-order valence-corrected chi connectivity index (χ2v) is 6.78. The van der Waals surface area contributed by atoms with E-state index in [2.05, 4.69) is 16.0 Å². The number of nitrogens with zero attached hydrogens (tertiary/aromatic N) is 2. The predicted octanol–water partition coefficient (Wildman–Crippen LogP) is 3.86. The first-order valence-corrected chi connectivity index (χ1v) is 8.95. The fourth-order valence-corrected chi connectivity index (χ4v) is 2.99. The van der Waals surface area contributed by atoms with Gasteiger partial charge in [-0.25, -0.2) is 9.07 Å². The first kappa shape index (κ1) is 19.6. The van der Waals surface area contributed by atoms with Gasteiger partial charge in [-0.15, -0.1) is 0 Å². The Morgan fingerprint density at radius 3 is 2.21 bits per heavy atom. The normalized spacial score (nSPS) is 10.8. The summed E-state index contributed by atoms with van der Waals surface area (Å²) < 4.78 is 14.8. The molecule has 2 N–H and O–H groups in total. The fraction of sp³-hybridized carbons (Fsp3) is 0.150. The van der Waals surface area contributed by atoms with Crippen LogP contribution in [0.25, 0.3) is 5.69 Å². The molecule has 8 heteroatoms. The molecule has 6 nitrogen and oxygen atoms in total. The van der Waals surface area contributed by atoms with Crippen molar-refractivity contribution in [1.82, 2.24) is 20.6 Å². The second kappa shape index (κ2) is 8.22. The molecule has 144 valence electrons. The highest BCUT2D eigenvalue weighted by atomic mass is 35.5. The maximum Gasteiger partial charge on any atom is 0.273 e. The number of carbonyl (C=O) groups is 2. The van der Waals surface area contributed by atoms with Gasteiger partial charge in [0, 0.05) is 0 Å². The van der Waals surface area contributed by atoms with Gasteiger partial charge in [0.05, 0.1) is 33.7 Å². The van der Waals surface area contributed by atoms with Crippen molar-refractivity contribution in [2.24, 2.45) is 0 Å². The number of nitrogens with one attached hydrogen (secondary N) is 2. The lowest BCUT2D eigenvalue weighted by atomic mass is 10.1. The molecule has 0 aliphatic carbocycles. The van der Waals surface area contributed by atoms with Crippen LogP contribution < -0.4 is 10.9 Å². The summed E-state index contributed by atoms with van der Waals surface area (Å²) in [5.41, 5.74) is 6.55. The van der Waals surface area contributed by atoms with Crippen LogP contribution in [0.3, 0.4) is 0 Å². The third kappa shape index (κ3) is 4.04. The molecule has 0 saturated carbocycles. The first-order valence-electron chi connectivity index (χ1n) is 8.57. The van der Waals surface area contributed by atoms with Crippen molar-refractivity contribution < 1.29 is 14.0 Å². The number of halogens is 2. The summed E-state index contributed by atoms with van der Waals surface area (Å²) >= 11 is 5.99. The van der Waals surface area contributed by atoms with E-state index in [4.69, 9.17) is 11.6 Å². The molecule has 0 unspecified atom stereocenters. The quantitative estimate of drug-likeness (QED) is 0.653. The van der Waals surface area contributed by atoms with E-state index in [1.165, 1.54) is 18.3 Å². The summed E-state index contributed by atoms with van der Waals surface area (Å²) in [6.45, 7) is 3.83. The van der Waals surface area contributed by atoms with Crippen LogP contribution in [0.15, 0.2) is 54.7 Å². The fourth-order valence-electron chi connectivity index (χ4n) is 2.77. The zero-order chi connectivity index (χ0) is 20.3. The van der Waals surface area contributed by atoms with E-state index in [1.807, 2.05) is 13.8 Å². The number of hydrogen-bond donors (Lipinski definition) is 2. The topological polar surface area (TPSA) is 76.0 Å². The lowest BCUT2D eigenvalue weighted by molar-refractivity contribution is 0.0846. The standard InChI is InChI=1S/C20H18ClFN4O2/c1-12(2)18-16(11-23-26(18)14-9-7-13(22)8-10-14)20(28)25-24-19(27)15-5-3-4-6-17(15)21/h3-12H,1-2H3,(H,24,27)(H,25,28). The first-order chi connectivity index (χ1) is 13.4. The van der Waals surface area contributed by atoms with Crippen LogP contribution in [0.1, 0.15) is 46.2 Å². The minimum absolute atomic E-state index is 0.0485. The predicted molar refractivity (Wildman–Crippen MR) is 104 cm³/mol. The van der Waals surface area contributed by atoms with Crippen LogP contribution in [0.5, 0.6) is 0 Å². The Morgan fingerprint density at radius 2 is 1.61 bits per heavy atom. The number of hydrazine groups is 1. The number of hydrogen-bond acceptors (Lipinski definition) is 3. The third-order valence-corrected chi connectivity index (χ3v) is 4.41. The maximum atomic E-state index is 13.2. The molecular formula is C20H18ClFN4O2. The van der Waals surface area contributed by atoms with Crippen LogP contribution in [0, 0.1) is 5.82 Å². The summed E-state index contributed by atoms with van der Waals surface area (Å²) in [5, 5.41) is 4.54. The summed E-state index contributed by atoms with van der Waals surface area (Å²) in [6, 6.07) is 12.3. The van der Waals surface area contributed by atoms with E-state index >= 15 is 0 Å². The van der Waals surface area contributed by atoms with E-state index in [0.717, 1.165) is 0 Å². The Bertz CT molecular complexity index is 1020. The Balaban J connectivity index is 1.81. The summed E-state index contributed by atoms with van der Waals surface area (Å²) in [5.74, 6) is -1.46. The highest BCUT2D eigenvalue weighted by Crippen LogP contribution is 2.23.